The number of carbonyl (C=O) groups excluding carboxylic acids is 1. The summed E-state index contributed by atoms with van der Waals surface area (Å²) in [5, 5.41) is 3.82. The van der Waals surface area contributed by atoms with Crippen LogP contribution < -0.4 is 10.0 Å². The van der Waals surface area contributed by atoms with Gasteiger partial charge in [-0.1, -0.05) is 24.3 Å². The van der Waals surface area contributed by atoms with E-state index in [-0.39, 0.29) is 17.6 Å². The minimum Gasteiger partial charge on any atom is -0.350 e. The standard InChI is InChI=1S/C22H21F3N2O3S/c1-13(2)26-21(28)15-6-9-18-17(14-4-7-16(8-5-14)22(23,24)25)10-11-20(19(18)12-15)27-31(3,29)30/h4-13,27H,1-3H3,(H,26,28). The van der Waals surface area contributed by atoms with Gasteiger partial charge in [-0.15, -0.1) is 0 Å². The van der Waals surface area contributed by atoms with E-state index in [2.05, 4.69) is 10.0 Å². The van der Waals surface area contributed by atoms with Crippen molar-refractivity contribution in [2.45, 2.75) is 26.1 Å². The van der Waals surface area contributed by atoms with E-state index in [1.165, 1.54) is 18.2 Å². The maximum atomic E-state index is 12.9. The lowest BCUT2D eigenvalue weighted by Crippen LogP contribution is -2.30. The number of benzene rings is 3. The van der Waals surface area contributed by atoms with Gasteiger partial charge in [0.2, 0.25) is 10.0 Å². The number of hydrogen-bond donors (Lipinski definition) is 2. The molecule has 3 aromatic rings. The summed E-state index contributed by atoms with van der Waals surface area (Å²) in [4.78, 5) is 12.4. The van der Waals surface area contributed by atoms with Crippen molar-refractivity contribution in [3.63, 3.8) is 0 Å². The van der Waals surface area contributed by atoms with Gasteiger partial charge in [0.15, 0.2) is 0 Å². The molecule has 3 aromatic carbocycles. The van der Waals surface area contributed by atoms with Crippen LogP contribution in [-0.4, -0.2) is 26.6 Å². The molecule has 0 saturated carbocycles. The second-order valence-electron chi connectivity index (χ2n) is 7.50. The molecule has 164 valence electrons. The maximum absolute atomic E-state index is 12.9. The van der Waals surface area contributed by atoms with Crippen molar-refractivity contribution >= 4 is 32.4 Å². The van der Waals surface area contributed by atoms with Crippen LogP contribution in [0.1, 0.15) is 29.8 Å². The molecule has 2 N–H and O–H groups in total. The van der Waals surface area contributed by atoms with Crippen molar-refractivity contribution in [1.29, 1.82) is 0 Å². The lowest BCUT2D eigenvalue weighted by atomic mass is 9.95. The zero-order valence-electron chi connectivity index (χ0n) is 17.0. The van der Waals surface area contributed by atoms with E-state index in [0.29, 0.717) is 27.5 Å². The monoisotopic (exact) mass is 450 g/mol. The first-order chi connectivity index (χ1) is 14.3. The fourth-order valence-electron chi connectivity index (χ4n) is 3.21. The summed E-state index contributed by atoms with van der Waals surface area (Å²) in [5.74, 6) is -0.317. The van der Waals surface area contributed by atoms with Crippen LogP contribution in [0.5, 0.6) is 0 Å². The summed E-state index contributed by atoms with van der Waals surface area (Å²) in [6.45, 7) is 3.64. The van der Waals surface area contributed by atoms with Gasteiger partial charge >= 0.3 is 6.18 Å². The molecule has 0 aliphatic carbocycles. The lowest BCUT2D eigenvalue weighted by Gasteiger charge is -2.15. The SMILES string of the molecule is CC(C)NC(=O)c1ccc2c(-c3ccc(C(F)(F)F)cc3)ccc(NS(C)(=O)=O)c2c1. The zero-order chi connectivity index (χ0) is 23.0. The van der Waals surface area contributed by atoms with Gasteiger partial charge in [-0.3, -0.25) is 9.52 Å². The Balaban J connectivity index is 2.17. The number of carbonyl (C=O) groups is 1. The maximum Gasteiger partial charge on any atom is 0.416 e. The molecule has 31 heavy (non-hydrogen) atoms. The van der Waals surface area contributed by atoms with Crippen molar-refractivity contribution in [1.82, 2.24) is 5.32 Å². The number of rotatable bonds is 5. The van der Waals surface area contributed by atoms with Gasteiger partial charge in [0.25, 0.3) is 5.91 Å². The lowest BCUT2D eigenvalue weighted by molar-refractivity contribution is -0.137. The van der Waals surface area contributed by atoms with Gasteiger partial charge in [0, 0.05) is 17.0 Å². The molecule has 0 spiro atoms. The van der Waals surface area contributed by atoms with Gasteiger partial charge < -0.3 is 5.32 Å². The number of alkyl halides is 3. The van der Waals surface area contributed by atoms with E-state index in [1.54, 1.807) is 24.3 Å². The first-order valence-electron chi connectivity index (χ1n) is 9.38. The Kier molecular flexibility index (Phi) is 6.00. The number of sulfonamides is 1. The Labute approximate surface area is 178 Å². The number of anilines is 1. The van der Waals surface area contributed by atoms with E-state index < -0.39 is 21.8 Å². The van der Waals surface area contributed by atoms with Gasteiger partial charge in [0.05, 0.1) is 17.5 Å². The molecule has 3 rings (SSSR count). The third-order valence-electron chi connectivity index (χ3n) is 4.52. The minimum absolute atomic E-state index is 0.0877. The van der Waals surface area contributed by atoms with Crippen LogP contribution >= 0.6 is 0 Å². The summed E-state index contributed by atoms with van der Waals surface area (Å²) in [7, 11) is -3.60. The molecule has 0 aliphatic heterocycles. The largest absolute Gasteiger partial charge is 0.416 e. The van der Waals surface area contributed by atoms with Crippen LogP contribution in [0, 0.1) is 0 Å². The van der Waals surface area contributed by atoms with Gasteiger partial charge in [-0.25, -0.2) is 8.42 Å². The molecule has 0 aliphatic rings. The van der Waals surface area contributed by atoms with E-state index in [0.717, 1.165) is 18.4 Å². The van der Waals surface area contributed by atoms with Crippen LogP contribution in [0.4, 0.5) is 18.9 Å². The van der Waals surface area contributed by atoms with Crippen molar-refractivity contribution < 1.29 is 26.4 Å². The second-order valence-corrected chi connectivity index (χ2v) is 9.25. The summed E-state index contributed by atoms with van der Waals surface area (Å²) in [6.07, 6.45) is -3.43. The zero-order valence-corrected chi connectivity index (χ0v) is 17.9. The second kappa shape index (κ2) is 8.22. The third-order valence-corrected chi connectivity index (χ3v) is 5.11. The number of nitrogens with one attached hydrogen (secondary N) is 2. The molecule has 0 saturated heterocycles. The molecule has 0 aromatic heterocycles. The molecule has 0 unspecified atom stereocenters. The van der Waals surface area contributed by atoms with E-state index in [9.17, 15) is 26.4 Å². The summed E-state index contributed by atoms with van der Waals surface area (Å²) >= 11 is 0. The highest BCUT2D eigenvalue weighted by atomic mass is 32.2. The predicted molar refractivity (Wildman–Crippen MR) is 115 cm³/mol. The molecule has 9 heteroatoms. The summed E-state index contributed by atoms with van der Waals surface area (Å²) in [5.41, 5.74) is 0.986. The molecule has 0 heterocycles. The van der Waals surface area contributed by atoms with Crippen LogP contribution in [0.2, 0.25) is 0 Å². The highest BCUT2D eigenvalue weighted by molar-refractivity contribution is 7.92. The molecular weight excluding hydrogens is 429 g/mol. The average Bonchev–Trinajstić information content (AvgIpc) is 2.65. The highest BCUT2D eigenvalue weighted by Gasteiger charge is 2.30. The summed E-state index contributed by atoms with van der Waals surface area (Å²) in [6, 6.07) is 12.6. The third kappa shape index (κ3) is 5.35. The van der Waals surface area contributed by atoms with Crippen LogP contribution in [0.15, 0.2) is 54.6 Å². The highest BCUT2D eigenvalue weighted by Crippen LogP contribution is 2.36. The normalized spacial score (nSPS) is 12.2. The van der Waals surface area contributed by atoms with E-state index in [4.69, 9.17) is 0 Å². The van der Waals surface area contributed by atoms with E-state index >= 15 is 0 Å². The Morgan fingerprint density at radius 1 is 0.935 bits per heavy atom. The van der Waals surface area contributed by atoms with Gasteiger partial charge in [-0.2, -0.15) is 13.2 Å². The fourth-order valence-corrected chi connectivity index (χ4v) is 3.79. The smallest absolute Gasteiger partial charge is 0.350 e. The van der Waals surface area contributed by atoms with E-state index in [1.807, 2.05) is 13.8 Å². The average molecular weight is 450 g/mol. The van der Waals surface area contributed by atoms with Crippen LogP contribution in [0.25, 0.3) is 21.9 Å². The van der Waals surface area contributed by atoms with Gasteiger partial charge in [0.1, 0.15) is 0 Å². The quantitative estimate of drug-likeness (QED) is 0.572. The topological polar surface area (TPSA) is 75.3 Å². The predicted octanol–water partition coefficient (Wildman–Crippen LogP) is 5.04. The number of fused-ring (bicyclic) bond motifs is 1. The molecule has 0 radical (unpaired) electrons. The molecule has 5 nitrogen and oxygen atoms in total. The molecular formula is C22H21F3N2O3S. The fraction of sp³-hybridized carbons (Fsp3) is 0.227. The first-order valence-corrected chi connectivity index (χ1v) is 11.3. The minimum atomic E-state index is -4.44. The number of amides is 1. The Bertz CT molecular complexity index is 1240. The molecule has 0 atom stereocenters. The van der Waals surface area contributed by atoms with Crippen LogP contribution in [-0.2, 0) is 16.2 Å². The first kappa shape index (κ1) is 22.6. The Morgan fingerprint density at radius 2 is 1.58 bits per heavy atom. The van der Waals surface area contributed by atoms with Crippen LogP contribution in [0.3, 0.4) is 0 Å². The van der Waals surface area contributed by atoms with Crippen molar-refractivity contribution in [2.75, 3.05) is 11.0 Å². The van der Waals surface area contributed by atoms with Gasteiger partial charge in [-0.05, 0) is 60.7 Å². The number of hydrogen-bond acceptors (Lipinski definition) is 3. The Morgan fingerprint density at radius 3 is 2.13 bits per heavy atom. The van der Waals surface area contributed by atoms with Crippen molar-refractivity contribution in [2.24, 2.45) is 0 Å². The molecule has 0 bridgehead atoms. The van der Waals surface area contributed by atoms with Crippen molar-refractivity contribution in [3.05, 3.63) is 65.7 Å². The molecule has 1 amide bonds. The number of halogens is 3. The Hall–Kier alpha value is -3.07. The summed E-state index contributed by atoms with van der Waals surface area (Å²) < 4.78 is 64.7. The van der Waals surface area contributed by atoms with Crippen molar-refractivity contribution in [3.8, 4) is 11.1 Å². The molecule has 0 fully saturated rings.